The monoisotopic (exact) mass is 408 g/mol. The van der Waals surface area contributed by atoms with Crippen LogP contribution >= 0.6 is 0 Å². The summed E-state index contributed by atoms with van der Waals surface area (Å²) in [6, 6.07) is 15.3. The number of hydrogen-bond acceptors (Lipinski definition) is 4. The molecule has 0 spiro atoms. The van der Waals surface area contributed by atoms with Crippen molar-refractivity contribution in [2.45, 2.75) is 19.4 Å². The molecule has 6 nitrogen and oxygen atoms in total. The van der Waals surface area contributed by atoms with Gasteiger partial charge in [-0.25, -0.2) is 9.37 Å². The van der Waals surface area contributed by atoms with Gasteiger partial charge < -0.3 is 15.2 Å². The molecular formula is C23H21FN2O4. The number of carbonyl (C=O) groups excluding carboxylic acids is 1. The zero-order valence-corrected chi connectivity index (χ0v) is 16.6. The highest BCUT2D eigenvalue weighted by Crippen LogP contribution is 2.28. The Bertz CT molecular complexity index is 1050. The SMILES string of the molecule is COc1ccc(C(=O)N[C@@H](CC(=O)O)c2ccc(C)cc2)nc1-c1ccc(F)cc1. The van der Waals surface area contributed by atoms with Crippen LogP contribution in [0.1, 0.15) is 34.1 Å². The normalized spacial score (nSPS) is 11.6. The second kappa shape index (κ2) is 9.17. The maximum atomic E-state index is 13.3. The highest BCUT2D eigenvalue weighted by Gasteiger charge is 2.21. The van der Waals surface area contributed by atoms with Gasteiger partial charge in [-0.1, -0.05) is 29.8 Å². The van der Waals surface area contributed by atoms with Gasteiger partial charge in [0.1, 0.15) is 23.0 Å². The summed E-state index contributed by atoms with van der Waals surface area (Å²) in [7, 11) is 1.48. The van der Waals surface area contributed by atoms with Gasteiger partial charge in [0, 0.05) is 5.56 Å². The first-order chi connectivity index (χ1) is 14.4. The van der Waals surface area contributed by atoms with E-state index in [2.05, 4.69) is 10.3 Å². The first-order valence-electron chi connectivity index (χ1n) is 9.27. The van der Waals surface area contributed by atoms with Crippen molar-refractivity contribution in [3.8, 4) is 17.0 Å². The van der Waals surface area contributed by atoms with Crippen molar-refractivity contribution in [1.29, 1.82) is 0 Å². The van der Waals surface area contributed by atoms with Gasteiger partial charge in [0.05, 0.1) is 19.6 Å². The average Bonchev–Trinajstić information content (AvgIpc) is 2.73. The number of methoxy groups -OCH3 is 1. The Morgan fingerprint density at radius 2 is 1.73 bits per heavy atom. The number of hydrogen-bond donors (Lipinski definition) is 2. The summed E-state index contributed by atoms with van der Waals surface area (Å²) in [5, 5.41) is 12.0. The molecule has 0 aliphatic rings. The third-order valence-corrected chi connectivity index (χ3v) is 4.59. The average molecular weight is 408 g/mol. The van der Waals surface area contributed by atoms with E-state index in [0.717, 1.165) is 5.56 Å². The van der Waals surface area contributed by atoms with Crippen molar-refractivity contribution in [3.63, 3.8) is 0 Å². The van der Waals surface area contributed by atoms with Crippen LogP contribution < -0.4 is 10.1 Å². The zero-order chi connectivity index (χ0) is 21.7. The quantitative estimate of drug-likeness (QED) is 0.613. The van der Waals surface area contributed by atoms with Gasteiger partial charge in [-0.15, -0.1) is 0 Å². The molecule has 1 heterocycles. The Morgan fingerprint density at radius 3 is 2.33 bits per heavy atom. The lowest BCUT2D eigenvalue weighted by atomic mass is 10.0. The molecule has 0 aliphatic heterocycles. The number of carbonyl (C=O) groups is 2. The number of nitrogens with zero attached hydrogens (tertiary/aromatic N) is 1. The summed E-state index contributed by atoms with van der Waals surface area (Å²) < 4.78 is 18.6. The number of nitrogens with one attached hydrogen (secondary N) is 1. The molecule has 154 valence electrons. The van der Waals surface area contributed by atoms with Crippen molar-refractivity contribution in [3.05, 3.63) is 83.3 Å². The molecule has 3 aromatic rings. The summed E-state index contributed by atoms with van der Waals surface area (Å²) >= 11 is 0. The van der Waals surface area contributed by atoms with Gasteiger partial charge in [0.25, 0.3) is 5.91 Å². The topological polar surface area (TPSA) is 88.5 Å². The second-order valence-corrected chi connectivity index (χ2v) is 6.79. The van der Waals surface area contributed by atoms with E-state index in [4.69, 9.17) is 4.74 Å². The molecule has 0 fully saturated rings. The van der Waals surface area contributed by atoms with Crippen LogP contribution in [0.25, 0.3) is 11.3 Å². The Kier molecular flexibility index (Phi) is 6.41. The number of aromatic nitrogens is 1. The zero-order valence-electron chi connectivity index (χ0n) is 16.6. The molecule has 2 N–H and O–H groups in total. The molecule has 0 saturated carbocycles. The molecule has 7 heteroatoms. The lowest BCUT2D eigenvalue weighted by Gasteiger charge is -2.18. The maximum Gasteiger partial charge on any atom is 0.305 e. The van der Waals surface area contributed by atoms with E-state index in [0.29, 0.717) is 22.6 Å². The fourth-order valence-electron chi connectivity index (χ4n) is 3.01. The lowest BCUT2D eigenvalue weighted by molar-refractivity contribution is -0.137. The predicted molar refractivity (Wildman–Crippen MR) is 110 cm³/mol. The number of carboxylic acid groups (broad SMARTS) is 1. The van der Waals surface area contributed by atoms with E-state index in [1.54, 1.807) is 30.3 Å². The van der Waals surface area contributed by atoms with E-state index in [-0.39, 0.29) is 17.9 Å². The van der Waals surface area contributed by atoms with Crippen molar-refractivity contribution in [2.24, 2.45) is 0 Å². The van der Waals surface area contributed by atoms with Crippen LogP contribution in [0, 0.1) is 12.7 Å². The molecule has 3 rings (SSSR count). The minimum Gasteiger partial charge on any atom is -0.494 e. The van der Waals surface area contributed by atoms with Crippen molar-refractivity contribution in [2.75, 3.05) is 7.11 Å². The molecule has 30 heavy (non-hydrogen) atoms. The number of benzene rings is 2. The molecule has 1 amide bonds. The Hall–Kier alpha value is -3.74. The molecule has 0 radical (unpaired) electrons. The van der Waals surface area contributed by atoms with Gasteiger partial charge in [0.2, 0.25) is 0 Å². The number of aliphatic carboxylic acids is 1. The van der Waals surface area contributed by atoms with Crippen molar-refractivity contribution >= 4 is 11.9 Å². The molecule has 2 aromatic carbocycles. The number of carboxylic acids is 1. The van der Waals surface area contributed by atoms with Crippen LogP contribution in [0.3, 0.4) is 0 Å². The number of amides is 1. The van der Waals surface area contributed by atoms with Gasteiger partial charge in [-0.05, 0) is 48.9 Å². The number of rotatable bonds is 7. The van der Waals surface area contributed by atoms with E-state index < -0.39 is 17.9 Å². The standard InChI is InChI=1S/C23H21FN2O4/c1-14-3-5-15(6-4-14)19(13-21(27)28)26-23(29)18-11-12-20(30-2)22(25-18)16-7-9-17(24)10-8-16/h3-12,19H,13H2,1-2H3,(H,26,29)(H,27,28)/t19-/m0/s1. The molecule has 0 aliphatic carbocycles. The van der Waals surface area contributed by atoms with Crippen LogP contribution in [-0.4, -0.2) is 29.1 Å². The van der Waals surface area contributed by atoms with Gasteiger partial charge in [-0.3, -0.25) is 9.59 Å². The van der Waals surface area contributed by atoms with Gasteiger partial charge in [-0.2, -0.15) is 0 Å². The lowest BCUT2D eigenvalue weighted by Crippen LogP contribution is -2.30. The first-order valence-corrected chi connectivity index (χ1v) is 9.27. The highest BCUT2D eigenvalue weighted by atomic mass is 19.1. The molecular weight excluding hydrogens is 387 g/mol. The van der Waals surface area contributed by atoms with E-state index in [1.165, 1.54) is 25.3 Å². The molecule has 0 unspecified atom stereocenters. The molecule has 1 atom stereocenters. The molecule has 1 aromatic heterocycles. The number of aryl methyl sites for hydroxylation is 1. The Balaban J connectivity index is 1.90. The van der Waals surface area contributed by atoms with Gasteiger partial charge >= 0.3 is 5.97 Å². The first kappa shape index (κ1) is 21.0. The van der Waals surface area contributed by atoms with Crippen LogP contribution in [0.2, 0.25) is 0 Å². The molecule has 0 bridgehead atoms. The summed E-state index contributed by atoms with van der Waals surface area (Å²) in [6.07, 6.45) is -0.268. The van der Waals surface area contributed by atoms with Crippen LogP contribution in [0.4, 0.5) is 4.39 Å². The highest BCUT2D eigenvalue weighted by molar-refractivity contribution is 5.93. The van der Waals surface area contributed by atoms with Crippen molar-refractivity contribution in [1.82, 2.24) is 10.3 Å². The fourth-order valence-corrected chi connectivity index (χ4v) is 3.01. The van der Waals surface area contributed by atoms with E-state index in [1.807, 2.05) is 19.1 Å². The fraction of sp³-hybridized carbons (Fsp3) is 0.174. The van der Waals surface area contributed by atoms with Crippen LogP contribution in [0.15, 0.2) is 60.7 Å². The molecule has 0 saturated heterocycles. The van der Waals surface area contributed by atoms with Gasteiger partial charge in [0.15, 0.2) is 0 Å². The van der Waals surface area contributed by atoms with E-state index in [9.17, 15) is 19.1 Å². The second-order valence-electron chi connectivity index (χ2n) is 6.79. The van der Waals surface area contributed by atoms with Crippen LogP contribution in [-0.2, 0) is 4.79 Å². The van der Waals surface area contributed by atoms with Crippen LogP contribution in [0.5, 0.6) is 5.75 Å². The summed E-state index contributed by atoms with van der Waals surface area (Å²) in [5.41, 5.74) is 2.78. The third kappa shape index (κ3) is 5.00. The van der Waals surface area contributed by atoms with Crippen molar-refractivity contribution < 1.29 is 23.8 Å². The largest absolute Gasteiger partial charge is 0.494 e. The summed E-state index contributed by atoms with van der Waals surface area (Å²) in [6.45, 7) is 1.92. The maximum absolute atomic E-state index is 13.3. The minimum atomic E-state index is -1.03. The summed E-state index contributed by atoms with van der Waals surface area (Å²) in [4.78, 5) is 28.5. The van der Waals surface area contributed by atoms with E-state index >= 15 is 0 Å². The Morgan fingerprint density at radius 1 is 1.07 bits per heavy atom. The smallest absolute Gasteiger partial charge is 0.305 e. The Labute approximate surface area is 173 Å². The number of halogens is 1. The summed E-state index contributed by atoms with van der Waals surface area (Å²) in [5.74, 6) is -1.51. The third-order valence-electron chi connectivity index (χ3n) is 4.59. The minimum absolute atomic E-state index is 0.0950. The predicted octanol–water partition coefficient (Wildman–Crippen LogP) is 4.15. The number of pyridine rings is 1. The number of ether oxygens (including phenoxy) is 1.